The second-order valence-electron chi connectivity index (χ2n) is 8.65. The lowest BCUT2D eigenvalue weighted by Crippen LogP contribution is -2.42. The SMILES string of the molecule is COCCOc1ccc(CCCOC(=O)NS(=O)(=O)NCCOC(C)C)c(OC2CCCCC2)c1. The number of ether oxygens (including phenoxy) is 5. The molecule has 1 aliphatic carbocycles. The Morgan fingerprint density at radius 1 is 1.09 bits per heavy atom. The van der Waals surface area contributed by atoms with E-state index in [1.807, 2.05) is 36.8 Å². The summed E-state index contributed by atoms with van der Waals surface area (Å²) in [5, 5.41) is 0. The van der Waals surface area contributed by atoms with Gasteiger partial charge in [0.15, 0.2) is 0 Å². The van der Waals surface area contributed by atoms with Gasteiger partial charge < -0.3 is 23.7 Å². The van der Waals surface area contributed by atoms with Gasteiger partial charge in [0.25, 0.3) is 0 Å². The molecule has 1 aromatic rings. The highest BCUT2D eigenvalue weighted by Gasteiger charge is 2.18. The molecule has 1 aliphatic rings. The molecule has 0 saturated heterocycles. The fraction of sp³-hybridized carbons (Fsp3) is 0.708. The van der Waals surface area contributed by atoms with E-state index in [0.717, 1.165) is 37.0 Å². The first-order valence-corrected chi connectivity index (χ1v) is 13.7. The van der Waals surface area contributed by atoms with E-state index in [9.17, 15) is 13.2 Å². The summed E-state index contributed by atoms with van der Waals surface area (Å²) in [6.07, 6.45) is 5.89. The van der Waals surface area contributed by atoms with Crippen molar-refractivity contribution in [3.8, 4) is 11.5 Å². The third-order valence-electron chi connectivity index (χ3n) is 5.33. The molecule has 2 rings (SSSR count). The molecule has 0 spiro atoms. The molecule has 1 aromatic carbocycles. The van der Waals surface area contributed by atoms with Crippen LogP contribution >= 0.6 is 0 Å². The number of hydrogen-bond acceptors (Lipinski definition) is 8. The second-order valence-corrected chi connectivity index (χ2v) is 10.1. The summed E-state index contributed by atoms with van der Waals surface area (Å²) in [5.41, 5.74) is 0.984. The number of carbonyl (C=O) groups excluding carboxylic acids is 1. The van der Waals surface area contributed by atoms with Crippen LogP contribution in [0.15, 0.2) is 18.2 Å². The number of nitrogens with one attached hydrogen (secondary N) is 2. The first kappa shape index (κ1) is 29.2. The van der Waals surface area contributed by atoms with E-state index < -0.39 is 16.3 Å². The van der Waals surface area contributed by atoms with Crippen LogP contribution in [0.3, 0.4) is 0 Å². The minimum atomic E-state index is -4.00. The molecule has 35 heavy (non-hydrogen) atoms. The number of aryl methyl sites for hydroxylation is 1. The summed E-state index contributed by atoms with van der Waals surface area (Å²) in [4.78, 5) is 11.9. The van der Waals surface area contributed by atoms with Gasteiger partial charge in [-0.1, -0.05) is 12.5 Å². The Bertz CT molecular complexity index is 857. The molecule has 11 heteroatoms. The molecule has 0 aliphatic heterocycles. The van der Waals surface area contributed by atoms with E-state index in [2.05, 4.69) is 4.72 Å². The zero-order valence-corrected chi connectivity index (χ0v) is 21.9. The zero-order valence-electron chi connectivity index (χ0n) is 21.0. The Balaban J connectivity index is 1.82. The lowest BCUT2D eigenvalue weighted by Gasteiger charge is -2.24. The largest absolute Gasteiger partial charge is 0.491 e. The van der Waals surface area contributed by atoms with Crippen LogP contribution in [0.1, 0.15) is 57.9 Å². The third kappa shape index (κ3) is 12.4. The van der Waals surface area contributed by atoms with Gasteiger partial charge >= 0.3 is 16.3 Å². The maximum atomic E-state index is 11.9. The summed E-state index contributed by atoms with van der Waals surface area (Å²) < 4.78 is 55.2. The van der Waals surface area contributed by atoms with E-state index in [1.54, 1.807) is 7.11 Å². The van der Waals surface area contributed by atoms with Gasteiger partial charge in [-0.05, 0) is 64.0 Å². The van der Waals surface area contributed by atoms with E-state index >= 15 is 0 Å². The molecule has 200 valence electrons. The van der Waals surface area contributed by atoms with Gasteiger partial charge in [-0.25, -0.2) is 9.52 Å². The highest BCUT2D eigenvalue weighted by atomic mass is 32.2. The first-order chi connectivity index (χ1) is 16.8. The molecular formula is C24H40N2O8S. The lowest BCUT2D eigenvalue weighted by atomic mass is 9.97. The molecule has 0 unspecified atom stereocenters. The Hall–Kier alpha value is -2.08. The minimum Gasteiger partial charge on any atom is -0.491 e. The van der Waals surface area contributed by atoms with Crippen LogP contribution in [0.5, 0.6) is 11.5 Å². The number of rotatable bonds is 16. The first-order valence-electron chi connectivity index (χ1n) is 12.3. The maximum absolute atomic E-state index is 11.9. The summed E-state index contributed by atoms with van der Waals surface area (Å²) in [6.45, 7) is 4.96. The van der Waals surface area contributed by atoms with Crippen LogP contribution in [0.25, 0.3) is 0 Å². The van der Waals surface area contributed by atoms with Gasteiger partial charge in [-0.2, -0.15) is 13.1 Å². The molecule has 2 N–H and O–H groups in total. The average molecular weight is 517 g/mol. The highest BCUT2D eigenvalue weighted by Crippen LogP contribution is 2.30. The third-order valence-corrected chi connectivity index (χ3v) is 6.35. The lowest BCUT2D eigenvalue weighted by molar-refractivity contribution is 0.0833. The molecule has 1 amide bonds. The standard InChI is InChI=1S/C24H40N2O8S/c1-19(2)31-15-13-25-35(28,29)26-24(27)33-14-7-8-20-11-12-22(32-17-16-30-3)18-23(20)34-21-9-5-4-6-10-21/h11-12,18-19,21,25H,4-10,13-17H2,1-3H3,(H,26,27). The zero-order chi connectivity index (χ0) is 25.5. The van der Waals surface area contributed by atoms with Crippen molar-refractivity contribution < 1.29 is 36.9 Å². The van der Waals surface area contributed by atoms with Crippen LogP contribution < -0.4 is 18.9 Å². The van der Waals surface area contributed by atoms with Crippen LogP contribution in [0.4, 0.5) is 4.79 Å². The highest BCUT2D eigenvalue weighted by molar-refractivity contribution is 7.88. The van der Waals surface area contributed by atoms with Crippen molar-refractivity contribution in [2.75, 3.05) is 40.1 Å². The van der Waals surface area contributed by atoms with Gasteiger partial charge in [-0.15, -0.1) is 0 Å². The van der Waals surface area contributed by atoms with Crippen LogP contribution in [-0.2, 0) is 30.8 Å². The van der Waals surface area contributed by atoms with Gasteiger partial charge in [-0.3, -0.25) is 0 Å². The summed E-state index contributed by atoms with van der Waals surface area (Å²) >= 11 is 0. The molecule has 0 bridgehead atoms. The number of benzene rings is 1. The molecule has 0 radical (unpaired) electrons. The van der Waals surface area contributed by atoms with Crippen molar-refractivity contribution in [3.63, 3.8) is 0 Å². The van der Waals surface area contributed by atoms with Crippen molar-refractivity contribution in [2.24, 2.45) is 0 Å². The van der Waals surface area contributed by atoms with Crippen molar-refractivity contribution in [2.45, 2.75) is 71.0 Å². The maximum Gasteiger partial charge on any atom is 0.421 e. The Morgan fingerprint density at radius 3 is 2.57 bits per heavy atom. The molecular weight excluding hydrogens is 476 g/mol. The normalized spacial score (nSPS) is 14.6. The quantitative estimate of drug-likeness (QED) is 0.321. The van der Waals surface area contributed by atoms with Crippen LogP contribution in [-0.4, -0.2) is 66.8 Å². The predicted molar refractivity (Wildman–Crippen MR) is 132 cm³/mol. The Morgan fingerprint density at radius 2 is 1.86 bits per heavy atom. The number of carbonyl (C=O) groups is 1. The summed E-state index contributed by atoms with van der Waals surface area (Å²) in [7, 11) is -2.38. The van der Waals surface area contributed by atoms with E-state index in [4.69, 9.17) is 23.7 Å². The van der Waals surface area contributed by atoms with E-state index in [0.29, 0.717) is 31.8 Å². The fourth-order valence-corrected chi connectivity index (χ4v) is 4.32. The van der Waals surface area contributed by atoms with Crippen molar-refractivity contribution >= 4 is 16.3 Å². The molecule has 1 fully saturated rings. The molecule has 0 aromatic heterocycles. The summed E-state index contributed by atoms with van der Waals surface area (Å²) in [5.74, 6) is 1.48. The smallest absolute Gasteiger partial charge is 0.421 e. The number of methoxy groups -OCH3 is 1. The van der Waals surface area contributed by atoms with Gasteiger partial charge in [0.05, 0.1) is 32.0 Å². The van der Waals surface area contributed by atoms with E-state index in [-0.39, 0.29) is 32.0 Å². The topological polar surface area (TPSA) is 121 Å². The molecule has 1 saturated carbocycles. The van der Waals surface area contributed by atoms with Crippen molar-refractivity contribution in [1.82, 2.24) is 9.44 Å². The average Bonchev–Trinajstić information content (AvgIpc) is 2.81. The summed E-state index contributed by atoms with van der Waals surface area (Å²) in [6, 6.07) is 5.73. The molecule has 10 nitrogen and oxygen atoms in total. The number of hydrogen-bond donors (Lipinski definition) is 2. The molecule has 0 heterocycles. The van der Waals surface area contributed by atoms with Gasteiger partial charge in [0.1, 0.15) is 18.1 Å². The minimum absolute atomic E-state index is 0.00889. The Labute approximate surface area is 209 Å². The number of amides is 1. The van der Waals surface area contributed by atoms with Crippen LogP contribution in [0, 0.1) is 0 Å². The van der Waals surface area contributed by atoms with E-state index in [1.165, 1.54) is 6.42 Å². The van der Waals surface area contributed by atoms with Crippen LogP contribution in [0.2, 0.25) is 0 Å². The Kier molecular flexibility index (Phi) is 13.2. The molecule has 0 atom stereocenters. The van der Waals surface area contributed by atoms with Crippen molar-refractivity contribution in [1.29, 1.82) is 0 Å². The van der Waals surface area contributed by atoms with Gasteiger partial charge in [0.2, 0.25) is 0 Å². The monoisotopic (exact) mass is 516 g/mol. The second kappa shape index (κ2) is 15.8. The van der Waals surface area contributed by atoms with Crippen molar-refractivity contribution in [3.05, 3.63) is 23.8 Å². The van der Waals surface area contributed by atoms with Gasteiger partial charge in [0, 0.05) is 19.7 Å². The predicted octanol–water partition coefficient (Wildman–Crippen LogP) is 3.34. The fourth-order valence-electron chi connectivity index (χ4n) is 3.62.